The molecule has 1 atom stereocenters. The van der Waals surface area contributed by atoms with E-state index in [2.05, 4.69) is 21.2 Å². The van der Waals surface area contributed by atoms with Crippen LogP contribution in [-0.2, 0) is 24.3 Å². The van der Waals surface area contributed by atoms with Gasteiger partial charge in [-0.1, -0.05) is 6.07 Å². The molecule has 2 aromatic rings. The van der Waals surface area contributed by atoms with Gasteiger partial charge in [-0.05, 0) is 59.3 Å². The third-order valence-corrected chi connectivity index (χ3v) is 5.76. The van der Waals surface area contributed by atoms with Crippen molar-refractivity contribution in [2.24, 2.45) is 0 Å². The molecule has 0 aliphatic rings. The molecule has 1 N–H and O–H groups in total. The Balaban J connectivity index is 1.98. The molecule has 150 valence electrons. The Labute approximate surface area is 171 Å². The lowest BCUT2D eigenvalue weighted by Crippen LogP contribution is -2.29. The molecular weight excluding hydrogens is 452 g/mol. The summed E-state index contributed by atoms with van der Waals surface area (Å²) in [6.45, 7) is 1.41. The molecule has 0 radical (unpaired) electrons. The van der Waals surface area contributed by atoms with E-state index in [1.54, 1.807) is 12.1 Å². The number of sulfonamides is 1. The molecule has 0 saturated heterocycles. The first-order valence-corrected chi connectivity index (χ1v) is 10.3. The molecular formula is C18H19BrN2O6S. The van der Waals surface area contributed by atoms with E-state index in [-0.39, 0.29) is 10.6 Å². The monoisotopic (exact) mass is 470 g/mol. The van der Waals surface area contributed by atoms with Crippen LogP contribution < -0.4 is 5.32 Å². The molecule has 1 aromatic carbocycles. The van der Waals surface area contributed by atoms with Crippen molar-refractivity contribution in [3.63, 3.8) is 0 Å². The van der Waals surface area contributed by atoms with Gasteiger partial charge in [-0.3, -0.25) is 4.79 Å². The zero-order chi connectivity index (χ0) is 20.9. The summed E-state index contributed by atoms with van der Waals surface area (Å²) in [5, 5.41) is 2.53. The first kappa shape index (κ1) is 21.9. The van der Waals surface area contributed by atoms with Crippen LogP contribution in [0, 0.1) is 0 Å². The van der Waals surface area contributed by atoms with Crippen LogP contribution in [0.3, 0.4) is 0 Å². The van der Waals surface area contributed by atoms with Crippen LogP contribution in [0.25, 0.3) is 6.08 Å². The number of hydrogen-bond donors (Lipinski definition) is 1. The van der Waals surface area contributed by atoms with E-state index in [1.807, 2.05) is 0 Å². The Morgan fingerprint density at radius 1 is 1.25 bits per heavy atom. The van der Waals surface area contributed by atoms with Crippen LogP contribution in [-0.4, -0.2) is 44.8 Å². The molecule has 1 heterocycles. The zero-order valence-electron chi connectivity index (χ0n) is 15.4. The second kappa shape index (κ2) is 9.18. The third-order valence-electron chi connectivity index (χ3n) is 3.52. The van der Waals surface area contributed by atoms with Crippen molar-refractivity contribution in [1.82, 2.24) is 4.31 Å². The van der Waals surface area contributed by atoms with Crippen LogP contribution in [0.5, 0.6) is 0 Å². The normalized spacial score (nSPS) is 12.9. The number of carbonyl (C=O) groups excluding carboxylic acids is 2. The fourth-order valence-electron chi connectivity index (χ4n) is 2.02. The highest BCUT2D eigenvalue weighted by molar-refractivity contribution is 9.10. The van der Waals surface area contributed by atoms with Crippen molar-refractivity contribution in [2.75, 3.05) is 19.4 Å². The Morgan fingerprint density at radius 3 is 2.57 bits per heavy atom. The summed E-state index contributed by atoms with van der Waals surface area (Å²) in [5.41, 5.74) is 0.270. The standard InChI is InChI=1S/C18H19BrN2O6S/c1-12(26-17(22)10-8-14-7-9-16(19)27-14)18(23)20-13-5-4-6-15(11-13)28(24,25)21(2)3/h4-12H,1-3H3,(H,20,23)/b10-8+. The predicted molar refractivity (Wildman–Crippen MR) is 107 cm³/mol. The Bertz CT molecular complexity index is 997. The third kappa shape index (κ3) is 5.78. The second-order valence-corrected chi connectivity index (χ2v) is 8.79. The summed E-state index contributed by atoms with van der Waals surface area (Å²) < 4.78 is 36.2. The summed E-state index contributed by atoms with van der Waals surface area (Å²) in [6.07, 6.45) is 1.46. The summed E-state index contributed by atoms with van der Waals surface area (Å²) in [7, 11) is -0.804. The number of carbonyl (C=O) groups is 2. The van der Waals surface area contributed by atoms with E-state index >= 15 is 0 Å². The van der Waals surface area contributed by atoms with Crippen LogP contribution in [0.4, 0.5) is 5.69 Å². The van der Waals surface area contributed by atoms with Gasteiger partial charge in [0.05, 0.1) is 4.90 Å². The van der Waals surface area contributed by atoms with Gasteiger partial charge in [0.2, 0.25) is 10.0 Å². The average Bonchev–Trinajstić information content (AvgIpc) is 3.05. The maximum absolute atomic E-state index is 12.2. The average molecular weight is 471 g/mol. The number of furan rings is 1. The molecule has 10 heteroatoms. The van der Waals surface area contributed by atoms with Gasteiger partial charge in [0.15, 0.2) is 10.8 Å². The smallest absolute Gasteiger partial charge is 0.331 e. The molecule has 1 aromatic heterocycles. The zero-order valence-corrected chi connectivity index (χ0v) is 17.8. The molecule has 0 saturated carbocycles. The van der Waals surface area contributed by atoms with Crippen molar-refractivity contribution in [1.29, 1.82) is 0 Å². The largest absolute Gasteiger partial charge is 0.450 e. The molecule has 1 unspecified atom stereocenters. The second-order valence-electron chi connectivity index (χ2n) is 5.86. The highest BCUT2D eigenvalue weighted by Gasteiger charge is 2.20. The number of benzene rings is 1. The summed E-state index contributed by atoms with van der Waals surface area (Å²) in [5.74, 6) is -0.874. The van der Waals surface area contributed by atoms with Gasteiger partial charge >= 0.3 is 5.97 Å². The minimum atomic E-state index is -3.63. The molecule has 8 nitrogen and oxygen atoms in total. The van der Waals surface area contributed by atoms with E-state index in [0.29, 0.717) is 10.4 Å². The lowest BCUT2D eigenvalue weighted by atomic mass is 10.3. The van der Waals surface area contributed by atoms with Gasteiger partial charge in [0.1, 0.15) is 5.76 Å². The van der Waals surface area contributed by atoms with Crippen molar-refractivity contribution in [3.8, 4) is 0 Å². The summed E-state index contributed by atoms with van der Waals surface area (Å²) in [4.78, 5) is 24.1. The lowest BCUT2D eigenvalue weighted by molar-refractivity contribution is -0.148. The van der Waals surface area contributed by atoms with Gasteiger partial charge in [0.25, 0.3) is 5.91 Å². The van der Waals surface area contributed by atoms with Gasteiger partial charge in [-0.2, -0.15) is 0 Å². The SMILES string of the molecule is CC(OC(=O)/C=C/c1ccc(Br)o1)C(=O)Nc1cccc(S(=O)(=O)N(C)C)c1. The molecule has 2 rings (SSSR count). The number of hydrogen-bond acceptors (Lipinski definition) is 6. The lowest BCUT2D eigenvalue weighted by Gasteiger charge is -2.14. The van der Waals surface area contributed by atoms with Crippen molar-refractivity contribution >= 4 is 49.6 Å². The van der Waals surface area contributed by atoms with Gasteiger partial charge in [-0.15, -0.1) is 0 Å². The maximum Gasteiger partial charge on any atom is 0.331 e. The van der Waals surface area contributed by atoms with Crippen LogP contribution in [0.15, 0.2) is 56.5 Å². The number of anilines is 1. The summed E-state index contributed by atoms with van der Waals surface area (Å²) >= 11 is 3.15. The molecule has 0 aliphatic heterocycles. The fourth-order valence-corrected chi connectivity index (χ4v) is 3.29. The number of rotatable bonds is 7. The highest BCUT2D eigenvalue weighted by atomic mass is 79.9. The van der Waals surface area contributed by atoms with Crippen molar-refractivity contribution in [3.05, 3.63) is 52.9 Å². The maximum atomic E-state index is 12.2. The van der Waals surface area contributed by atoms with Crippen LogP contribution >= 0.6 is 15.9 Å². The van der Waals surface area contributed by atoms with E-state index in [1.165, 1.54) is 51.4 Å². The fraction of sp³-hybridized carbons (Fsp3) is 0.222. The predicted octanol–water partition coefficient (Wildman–Crippen LogP) is 2.88. The van der Waals surface area contributed by atoms with Gasteiger partial charge < -0.3 is 14.5 Å². The minimum Gasteiger partial charge on any atom is -0.450 e. The van der Waals surface area contributed by atoms with E-state index < -0.39 is 28.0 Å². The topological polar surface area (TPSA) is 106 Å². The van der Waals surface area contributed by atoms with E-state index in [0.717, 1.165) is 10.4 Å². The van der Waals surface area contributed by atoms with Crippen molar-refractivity contribution < 1.29 is 27.2 Å². The number of esters is 1. The number of amides is 1. The van der Waals surface area contributed by atoms with Crippen LogP contribution in [0.1, 0.15) is 12.7 Å². The number of nitrogens with one attached hydrogen (secondary N) is 1. The molecule has 0 fully saturated rings. The Hall–Kier alpha value is -2.43. The first-order valence-electron chi connectivity index (χ1n) is 8.07. The van der Waals surface area contributed by atoms with Crippen molar-refractivity contribution in [2.45, 2.75) is 17.9 Å². The first-order chi connectivity index (χ1) is 13.1. The molecule has 1 amide bonds. The van der Waals surface area contributed by atoms with E-state index in [9.17, 15) is 18.0 Å². The van der Waals surface area contributed by atoms with Gasteiger partial charge in [0, 0.05) is 25.9 Å². The summed E-state index contributed by atoms with van der Waals surface area (Å²) in [6, 6.07) is 9.12. The van der Waals surface area contributed by atoms with Gasteiger partial charge in [-0.25, -0.2) is 17.5 Å². The molecule has 28 heavy (non-hydrogen) atoms. The van der Waals surface area contributed by atoms with Crippen LogP contribution in [0.2, 0.25) is 0 Å². The van der Waals surface area contributed by atoms with E-state index in [4.69, 9.17) is 9.15 Å². The molecule has 0 bridgehead atoms. The minimum absolute atomic E-state index is 0.0347. The Morgan fingerprint density at radius 2 is 1.96 bits per heavy atom. The number of nitrogens with zero attached hydrogens (tertiary/aromatic N) is 1. The number of halogens is 1. The highest BCUT2D eigenvalue weighted by Crippen LogP contribution is 2.18. The molecule has 0 aliphatic carbocycles. The quantitative estimate of drug-likeness (QED) is 0.492. The molecule has 0 spiro atoms. The number of ether oxygens (including phenoxy) is 1. The Kier molecular flexibility index (Phi) is 7.17.